The van der Waals surface area contributed by atoms with Crippen molar-refractivity contribution in [2.24, 2.45) is 0 Å². The highest BCUT2D eigenvalue weighted by Gasteiger charge is 2.20. The Hall–Kier alpha value is -2.09. The Balaban J connectivity index is 1.77. The summed E-state index contributed by atoms with van der Waals surface area (Å²) < 4.78 is 5.20. The quantitative estimate of drug-likeness (QED) is 0.759. The molecule has 0 bridgehead atoms. The summed E-state index contributed by atoms with van der Waals surface area (Å²) in [6, 6.07) is 1.67. The lowest BCUT2D eigenvalue weighted by molar-refractivity contribution is 0.309. The van der Waals surface area contributed by atoms with Gasteiger partial charge in [0.05, 0.1) is 0 Å². The molecule has 0 amide bonds. The fourth-order valence-corrected chi connectivity index (χ4v) is 1.91. The Bertz CT molecular complexity index is 526. The van der Waals surface area contributed by atoms with Crippen molar-refractivity contribution in [2.45, 2.75) is 0 Å². The number of hydrogen-bond acceptors (Lipinski definition) is 7. The molecule has 18 heavy (non-hydrogen) atoms. The maximum Gasteiger partial charge on any atom is 0.277 e. The third kappa shape index (κ3) is 2.02. The average molecular weight is 249 g/mol. The molecule has 0 radical (unpaired) electrons. The third-order valence-electron chi connectivity index (χ3n) is 3.03. The van der Waals surface area contributed by atoms with E-state index >= 15 is 0 Å². The van der Waals surface area contributed by atoms with Crippen LogP contribution in [0.25, 0.3) is 11.6 Å². The zero-order valence-corrected chi connectivity index (χ0v) is 10.1. The van der Waals surface area contributed by atoms with Crippen molar-refractivity contribution < 1.29 is 4.52 Å². The largest absolute Gasteiger partial charge is 0.382 e. The number of H-pyrrole nitrogens is 1. The van der Waals surface area contributed by atoms with Crippen molar-refractivity contribution >= 4 is 11.8 Å². The number of piperazine rings is 1. The monoisotopic (exact) mass is 249 g/mol. The van der Waals surface area contributed by atoms with Gasteiger partial charge in [-0.2, -0.15) is 10.1 Å². The van der Waals surface area contributed by atoms with E-state index in [9.17, 15) is 0 Å². The second-order valence-electron chi connectivity index (χ2n) is 4.40. The summed E-state index contributed by atoms with van der Waals surface area (Å²) in [5.74, 6) is 1.43. The molecular formula is C10H15N7O. The summed E-state index contributed by atoms with van der Waals surface area (Å²) in [5.41, 5.74) is 6.17. The topological polar surface area (TPSA) is 100 Å². The Morgan fingerprint density at radius 1 is 1.33 bits per heavy atom. The minimum absolute atomic E-state index is 0.407. The van der Waals surface area contributed by atoms with Crippen LogP contribution in [0.5, 0.6) is 0 Å². The predicted molar refractivity (Wildman–Crippen MR) is 66.0 cm³/mol. The summed E-state index contributed by atoms with van der Waals surface area (Å²) in [4.78, 5) is 8.72. The molecule has 1 saturated heterocycles. The molecule has 3 heterocycles. The molecule has 0 aliphatic carbocycles. The summed E-state index contributed by atoms with van der Waals surface area (Å²) in [6.45, 7) is 3.81. The molecule has 0 unspecified atom stereocenters. The van der Waals surface area contributed by atoms with Gasteiger partial charge in [-0.1, -0.05) is 0 Å². The van der Waals surface area contributed by atoms with Crippen LogP contribution in [0, 0.1) is 0 Å². The maximum absolute atomic E-state index is 5.53. The van der Waals surface area contributed by atoms with Crippen LogP contribution in [0.15, 0.2) is 10.6 Å². The zero-order valence-electron chi connectivity index (χ0n) is 10.1. The van der Waals surface area contributed by atoms with Crippen molar-refractivity contribution in [1.82, 2.24) is 25.2 Å². The van der Waals surface area contributed by atoms with Crippen LogP contribution in [0.2, 0.25) is 0 Å². The molecule has 0 saturated carbocycles. The first-order chi connectivity index (χ1) is 8.72. The van der Waals surface area contributed by atoms with Gasteiger partial charge < -0.3 is 20.1 Å². The molecule has 0 spiro atoms. The number of aromatic amines is 1. The van der Waals surface area contributed by atoms with Crippen molar-refractivity contribution in [2.75, 3.05) is 43.9 Å². The maximum atomic E-state index is 5.53. The van der Waals surface area contributed by atoms with Gasteiger partial charge in [0.15, 0.2) is 0 Å². The van der Waals surface area contributed by atoms with Crippen LogP contribution in [-0.4, -0.2) is 58.5 Å². The van der Waals surface area contributed by atoms with E-state index in [2.05, 4.69) is 37.2 Å². The van der Waals surface area contributed by atoms with Gasteiger partial charge in [0.25, 0.3) is 11.8 Å². The first-order valence-electron chi connectivity index (χ1n) is 5.81. The van der Waals surface area contributed by atoms with Gasteiger partial charge in [-0.25, -0.2) is 0 Å². The van der Waals surface area contributed by atoms with Crippen molar-refractivity contribution in [3.8, 4) is 11.6 Å². The van der Waals surface area contributed by atoms with Gasteiger partial charge in [-0.3, -0.25) is 5.10 Å². The predicted octanol–water partition coefficient (Wildman–Crippen LogP) is -0.206. The third-order valence-corrected chi connectivity index (χ3v) is 3.03. The molecule has 3 rings (SSSR count). The van der Waals surface area contributed by atoms with Gasteiger partial charge in [0.2, 0.25) is 0 Å². The van der Waals surface area contributed by atoms with Crippen LogP contribution in [0.3, 0.4) is 0 Å². The van der Waals surface area contributed by atoms with Gasteiger partial charge >= 0.3 is 0 Å². The minimum atomic E-state index is 0.407. The Morgan fingerprint density at radius 3 is 2.78 bits per heavy atom. The number of anilines is 2. The van der Waals surface area contributed by atoms with Crippen molar-refractivity contribution in [3.05, 3.63) is 6.07 Å². The first-order valence-corrected chi connectivity index (χ1v) is 5.81. The fraction of sp³-hybridized carbons (Fsp3) is 0.500. The highest BCUT2D eigenvalue weighted by Crippen LogP contribution is 2.20. The number of nitrogens with zero attached hydrogens (tertiary/aromatic N) is 5. The molecule has 0 aromatic carbocycles. The molecule has 1 aliphatic heterocycles. The van der Waals surface area contributed by atoms with Crippen LogP contribution >= 0.6 is 0 Å². The van der Waals surface area contributed by atoms with E-state index in [1.54, 1.807) is 6.07 Å². The normalized spacial score (nSPS) is 17.3. The highest BCUT2D eigenvalue weighted by atomic mass is 16.5. The number of nitrogens with one attached hydrogen (secondary N) is 1. The second-order valence-corrected chi connectivity index (χ2v) is 4.40. The number of nitrogens with two attached hydrogens (primary N) is 1. The van der Waals surface area contributed by atoms with E-state index in [1.807, 2.05) is 0 Å². The van der Waals surface area contributed by atoms with Crippen LogP contribution < -0.4 is 10.6 Å². The number of aromatic nitrogens is 4. The minimum Gasteiger partial charge on any atom is -0.382 e. The molecule has 3 N–H and O–H groups in total. The lowest BCUT2D eigenvalue weighted by Gasteiger charge is -2.31. The lowest BCUT2D eigenvalue weighted by Crippen LogP contribution is -2.44. The van der Waals surface area contributed by atoms with E-state index < -0.39 is 0 Å². The molecule has 1 fully saturated rings. The van der Waals surface area contributed by atoms with Gasteiger partial charge in [0, 0.05) is 32.2 Å². The Kier molecular flexibility index (Phi) is 2.63. The van der Waals surface area contributed by atoms with Crippen molar-refractivity contribution in [1.29, 1.82) is 0 Å². The molecule has 2 aromatic rings. The molecule has 8 nitrogen and oxygen atoms in total. The number of rotatable bonds is 2. The molecular weight excluding hydrogens is 234 g/mol. The summed E-state index contributed by atoms with van der Waals surface area (Å²) in [6.07, 6.45) is 0. The second kappa shape index (κ2) is 4.30. The van der Waals surface area contributed by atoms with Crippen LogP contribution in [0.4, 0.5) is 11.8 Å². The SMILES string of the molecule is CN1CCN(c2noc(-c3cc(N)n[nH]3)n2)CC1. The van der Waals surface area contributed by atoms with E-state index in [-0.39, 0.29) is 0 Å². The van der Waals surface area contributed by atoms with E-state index in [0.29, 0.717) is 23.4 Å². The Morgan fingerprint density at radius 2 is 2.11 bits per heavy atom. The molecule has 0 atom stereocenters. The van der Waals surface area contributed by atoms with E-state index in [0.717, 1.165) is 26.2 Å². The zero-order chi connectivity index (χ0) is 12.5. The average Bonchev–Trinajstić information content (AvgIpc) is 2.98. The van der Waals surface area contributed by atoms with Crippen LogP contribution in [0.1, 0.15) is 0 Å². The highest BCUT2D eigenvalue weighted by molar-refractivity contribution is 5.53. The molecule has 96 valence electrons. The first kappa shape index (κ1) is 11.0. The standard InChI is InChI=1S/C10H15N7O/c1-16-2-4-17(5-3-16)10-12-9(18-15-10)7-6-8(11)14-13-7/h6H,2-5H2,1H3,(H3,11,13,14). The lowest BCUT2D eigenvalue weighted by atomic mass is 10.3. The number of likely N-dealkylation sites (N-methyl/N-ethyl adjacent to an activating group) is 1. The summed E-state index contributed by atoms with van der Waals surface area (Å²) >= 11 is 0. The Labute approximate surface area is 104 Å². The van der Waals surface area contributed by atoms with E-state index in [4.69, 9.17) is 10.3 Å². The molecule has 2 aromatic heterocycles. The van der Waals surface area contributed by atoms with Crippen LogP contribution in [-0.2, 0) is 0 Å². The summed E-state index contributed by atoms with van der Waals surface area (Å²) in [7, 11) is 2.10. The smallest absolute Gasteiger partial charge is 0.277 e. The number of hydrogen-bond donors (Lipinski definition) is 2. The molecule has 8 heteroatoms. The van der Waals surface area contributed by atoms with Crippen molar-refractivity contribution in [3.63, 3.8) is 0 Å². The van der Waals surface area contributed by atoms with E-state index in [1.165, 1.54) is 0 Å². The summed E-state index contributed by atoms with van der Waals surface area (Å²) in [5, 5.41) is 10.6. The molecule has 1 aliphatic rings. The van der Waals surface area contributed by atoms with Gasteiger partial charge in [-0.15, -0.1) is 0 Å². The van der Waals surface area contributed by atoms with Gasteiger partial charge in [-0.05, 0) is 12.2 Å². The number of nitrogen functional groups attached to an aromatic ring is 1. The fourth-order valence-electron chi connectivity index (χ4n) is 1.91. The van der Waals surface area contributed by atoms with Gasteiger partial charge in [0.1, 0.15) is 11.5 Å².